The molecule has 4 rings (SSSR count). The molecule has 29 heavy (non-hydrogen) atoms. The third-order valence-electron chi connectivity index (χ3n) is 5.27. The Morgan fingerprint density at radius 3 is 2.76 bits per heavy atom. The highest BCUT2D eigenvalue weighted by Crippen LogP contribution is 2.29. The van der Waals surface area contributed by atoms with Crippen LogP contribution in [0, 0.1) is 5.92 Å². The molecular weight excluding hydrogens is 382 g/mol. The first kappa shape index (κ1) is 19.8. The first-order valence-electron chi connectivity index (χ1n) is 10.3. The minimum absolute atomic E-state index is 0.201. The largest absolute Gasteiger partial charge is 0.494 e. The average molecular weight is 410 g/mol. The number of piperidine rings is 1. The predicted octanol–water partition coefficient (Wildman–Crippen LogP) is 4.77. The molecule has 1 saturated heterocycles. The van der Waals surface area contributed by atoms with Crippen LogP contribution < -0.4 is 4.74 Å². The van der Waals surface area contributed by atoms with Crippen LogP contribution in [0.3, 0.4) is 0 Å². The minimum atomic E-state index is 0.201. The van der Waals surface area contributed by atoms with Gasteiger partial charge in [-0.3, -0.25) is 9.36 Å². The van der Waals surface area contributed by atoms with Crippen LogP contribution in [0.1, 0.15) is 26.7 Å². The van der Waals surface area contributed by atoms with Gasteiger partial charge in [-0.1, -0.05) is 30.8 Å². The van der Waals surface area contributed by atoms with Gasteiger partial charge in [-0.25, -0.2) is 4.98 Å². The summed E-state index contributed by atoms with van der Waals surface area (Å²) in [5.41, 5.74) is 2.99. The van der Waals surface area contributed by atoms with Crippen molar-refractivity contribution in [2.45, 2.75) is 31.8 Å². The van der Waals surface area contributed by atoms with E-state index >= 15 is 0 Å². The Morgan fingerprint density at radius 1 is 1.21 bits per heavy atom. The molecule has 1 aliphatic rings. The second-order valence-corrected chi connectivity index (χ2v) is 8.46. The van der Waals surface area contributed by atoms with Gasteiger partial charge in [0.25, 0.3) is 0 Å². The van der Waals surface area contributed by atoms with Crippen molar-refractivity contribution in [2.75, 3.05) is 25.4 Å². The van der Waals surface area contributed by atoms with Crippen molar-refractivity contribution >= 4 is 28.7 Å². The normalized spacial score (nSPS) is 16.9. The number of amides is 1. The molecule has 0 saturated carbocycles. The van der Waals surface area contributed by atoms with Gasteiger partial charge in [0.1, 0.15) is 5.75 Å². The van der Waals surface area contributed by atoms with E-state index in [0.29, 0.717) is 18.3 Å². The van der Waals surface area contributed by atoms with E-state index in [-0.39, 0.29) is 5.91 Å². The number of thioether (sulfide) groups is 1. The highest BCUT2D eigenvalue weighted by molar-refractivity contribution is 7.99. The maximum Gasteiger partial charge on any atom is 0.233 e. The first-order chi connectivity index (χ1) is 14.2. The van der Waals surface area contributed by atoms with Crippen LogP contribution in [0.4, 0.5) is 0 Å². The lowest BCUT2D eigenvalue weighted by Crippen LogP contribution is -2.40. The number of carbonyl (C=O) groups excluding carboxylic acids is 1. The molecular formula is C23H27N3O2S. The fourth-order valence-electron chi connectivity index (χ4n) is 3.84. The summed E-state index contributed by atoms with van der Waals surface area (Å²) in [7, 11) is 0. The lowest BCUT2D eigenvalue weighted by atomic mass is 10.0. The summed E-state index contributed by atoms with van der Waals surface area (Å²) in [6.07, 6.45) is 2.31. The van der Waals surface area contributed by atoms with Crippen molar-refractivity contribution in [1.82, 2.24) is 14.5 Å². The van der Waals surface area contributed by atoms with Crippen LogP contribution >= 0.6 is 11.8 Å². The summed E-state index contributed by atoms with van der Waals surface area (Å²) >= 11 is 1.51. The molecule has 1 atom stereocenters. The van der Waals surface area contributed by atoms with E-state index in [9.17, 15) is 4.79 Å². The quantitative estimate of drug-likeness (QED) is 0.550. The number of hydrogen-bond donors (Lipinski definition) is 0. The van der Waals surface area contributed by atoms with Crippen molar-refractivity contribution in [3.05, 3.63) is 48.5 Å². The molecule has 0 unspecified atom stereocenters. The lowest BCUT2D eigenvalue weighted by Gasteiger charge is -2.30. The van der Waals surface area contributed by atoms with Crippen molar-refractivity contribution in [3.63, 3.8) is 0 Å². The van der Waals surface area contributed by atoms with Crippen molar-refractivity contribution in [1.29, 1.82) is 0 Å². The number of benzene rings is 2. The Morgan fingerprint density at radius 2 is 2.00 bits per heavy atom. The Bertz CT molecular complexity index is 983. The minimum Gasteiger partial charge on any atom is -0.494 e. The van der Waals surface area contributed by atoms with Gasteiger partial charge in [-0.05, 0) is 62.1 Å². The number of likely N-dealkylation sites (tertiary alicyclic amines) is 1. The number of para-hydroxylation sites is 2. The van der Waals surface area contributed by atoms with E-state index in [2.05, 4.69) is 17.6 Å². The maximum atomic E-state index is 12.7. The molecule has 152 valence electrons. The number of hydrogen-bond acceptors (Lipinski definition) is 4. The van der Waals surface area contributed by atoms with Gasteiger partial charge in [0.15, 0.2) is 5.16 Å². The Hall–Kier alpha value is -2.47. The van der Waals surface area contributed by atoms with Gasteiger partial charge in [-0.2, -0.15) is 0 Å². The molecule has 0 radical (unpaired) electrons. The van der Waals surface area contributed by atoms with Gasteiger partial charge < -0.3 is 9.64 Å². The molecule has 1 amide bonds. The van der Waals surface area contributed by atoms with Gasteiger partial charge >= 0.3 is 0 Å². The Balaban J connectivity index is 1.59. The number of rotatable bonds is 6. The number of fused-ring (bicyclic) bond motifs is 1. The van der Waals surface area contributed by atoms with Crippen LogP contribution in [0.15, 0.2) is 53.7 Å². The summed E-state index contributed by atoms with van der Waals surface area (Å²) in [5.74, 6) is 2.05. The maximum absolute atomic E-state index is 12.7. The zero-order valence-electron chi connectivity index (χ0n) is 17.0. The molecule has 5 nitrogen and oxygen atoms in total. The SMILES string of the molecule is CCOc1ccc(-n2c(SCC(=O)N3CCC[C@H](C)C3)nc3ccccc32)cc1. The van der Waals surface area contributed by atoms with Crippen LogP contribution in [0.25, 0.3) is 16.7 Å². The first-order valence-corrected chi connectivity index (χ1v) is 11.3. The van der Waals surface area contributed by atoms with Gasteiger partial charge in [-0.15, -0.1) is 0 Å². The smallest absolute Gasteiger partial charge is 0.233 e. The standard InChI is InChI=1S/C23H27N3O2S/c1-3-28-19-12-10-18(11-13-19)26-21-9-5-4-8-20(21)24-23(26)29-16-22(27)25-14-6-7-17(2)15-25/h4-5,8-13,17H,3,6-7,14-16H2,1-2H3/t17-/m0/s1. The highest BCUT2D eigenvalue weighted by atomic mass is 32.2. The molecule has 0 N–H and O–H groups in total. The average Bonchev–Trinajstić information content (AvgIpc) is 3.11. The number of nitrogens with zero attached hydrogens (tertiary/aromatic N) is 3. The topological polar surface area (TPSA) is 47.4 Å². The van der Waals surface area contributed by atoms with Crippen LogP contribution in [-0.2, 0) is 4.79 Å². The molecule has 1 fully saturated rings. The lowest BCUT2D eigenvalue weighted by molar-refractivity contribution is -0.130. The monoisotopic (exact) mass is 409 g/mol. The zero-order valence-corrected chi connectivity index (χ0v) is 17.8. The fraction of sp³-hybridized carbons (Fsp3) is 0.391. The second kappa shape index (κ2) is 8.91. The summed E-state index contributed by atoms with van der Waals surface area (Å²) in [5, 5.41) is 0.841. The third-order valence-corrected chi connectivity index (χ3v) is 6.19. The zero-order chi connectivity index (χ0) is 20.2. The van der Waals surface area contributed by atoms with E-state index in [0.717, 1.165) is 47.1 Å². The number of imidazole rings is 1. The molecule has 3 aromatic rings. The predicted molar refractivity (Wildman–Crippen MR) is 118 cm³/mol. The molecule has 0 spiro atoms. The van der Waals surface area contributed by atoms with E-state index in [4.69, 9.17) is 9.72 Å². The second-order valence-electron chi connectivity index (χ2n) is 7.52. The van der Waals surface area contributed by atoms with Crippen molar-refractivity contribution in [2.24, 2.45) is 5.92 Å². The van der Waals surface area contributed by atoms with Crippen molar-refractivity contribution in [3.8, 4) is 11.4 Å². The number of carbonyl (C=O) groups is 1. The molecule has 1 aliphatic heterocycles. The molecule has 1 aromatic heterocycles. The molecule has 6 heteroatoms. The van der Waals surface area contributed by atoms with E-state index < -0.39 is 0 Å². The number of ether oxygens (including phenoxy) is 1. The molecule has 0 bridgehead atoms. The molecule has 2 aromatic carbocycles. The Labute approximate surface area is 176 Å². The fourth-order valence-corrected chi connectivity index (χ4v) is 4.77. The summed E-state index contributed by atoms with van der Waals surface area (Å²) in [4.78, 5) is 19.6. The van der Waals surface area contributed by atoms with E-state index in [1.807, 2.05) is 54.3 Å². The number of aromatic nitrogens is 2. The van der Waals surface area contributed by atoms with Crippen molar-refractivity contribution < 1.29 is 9.53 Å². The van der Waals surface area contributed by atoms with Gasteiger partial charge in [0.2, 0.25) is 5.91 Å². The van der Waals surface area contributed by atoms with Gasteiger partial charge in [0.05, 0.1) is 23.4 Å². The molecule has 2 heterocycles. The summed E-state index contributed by atoms with van der Waals surface area (Å²) in [6, 6.07) is 16.1. The highest BCUT2D eigenvalue weighted by Gasteiger charge is 2.22. The van der Waals surface area contributed by atoms with E-state index in [1.165, 1.54) is 18.2 Å². The van der Waals surface area contributed by atoms with Crippen LogP contribution in [0.2, 0.25) is 0 Å². The molecule has 0 aliphatic carbocycles. The van der Waals surface area contributed by atoms with E-state index in [1.54, 1.807) is 0 Å². The Kier molecular flexibility index (Phi) is 6.09. The summed E-state index contributed by atoms with van der Waals surface area (Å²) in [6.45, 7) is 6.59. The van der Waals surface area contributed by atoms with Crippen LogP contribution in [-0.4, -0.2) is 45.8 Å². The van der Waals surface area contributed by atoms with Crippen LogP contribution in [0.5, 0.6) is 5.75 Å². The van der Waals surface area contributed by atoms with Gasteiger partial charge in [0, 0.05) is 18.8 Å². The third kappa shape index (κ3) is 4.42. The summed E-state index contributed by atoms with van der Waals surface area (Å²) < 4.78 is 7.70.